The van der Waals surface area contributed by atoms with E-state index in [1.54, 1.807) is 0 Å². The Morgan fingerprint density at radius 2 is 1.05 bits per heavy atom. The smallest absolute Gasteiger partial charge is 0.200 e. The van der Waals surface area contributed by atoms with E-state index in [0.717, 1.165) is 12.1 Å². The number of halogens is 6. The minimum Gasteiger partial charge on any atom is -0.206 e. The van der Waals surface area contributed by atoms with Crippen LogP contribution in [0.1, 0.15) is 0 Å². The van der Waals surface area contributed by atoms with Crippen LogP contribution in [0.4, 0.5) is 26.3 Å². The molecule has 6 heteroatoms. The maximum Gasteiger partial charge on any atom is 0.200 e. The van der Waals surface area contributed by atoms with Gasteiger partial charge in [0.25, 0.3) is 0 Å². The molecule has 0 atom stereocenters. The van der Waals surface area contributed by atoms with Crippen LogP contribution in [0.2, 0.25) is 0 Å². The van der Waals surface area contributed by atoms with Gasteiger partial charge in [-0.15, -0.1) is 0 Å². The third-order valence-corrected chi connectivity index (χ3v) is 3.33. The minimum absolute atomic E-state index is 0.215. The molecule has 0 saturated heterocycles. The van der Waals surface area contributed by atoms with Crippen LogP contribution >= 0.6 is 0 Å². The van der Waals surface area contributed by atoms with Crippen molar-refractivity contribution in [2.24, 2.45) is 0 Å². The minimum atomic E-state index is -2.25. The van der Waals surface area contributed by atoms with Gasteiger partial charge in [-0.25, -0.2) is 26.3 Å². The van der Waals surface area contributed by atoms with Crippen LogP contribution in [0.15, 0.2) is 36.4 Å². The van der Waals surface area contributed by atoms with Crippen molar-refractivity contribution in [1.29, 1.82) is 0 Å². The van der Waals surface area contributed by atoms with Crippen LogP contribution in [-0.2, 0) is 0 Å². The number of fused-ring (bicyclic) bond motifs is 1. The fourth-order valence-electron chi connectivity index (χ4n) is 2.34. The summed E-state index contributed by atoms with van der Waals surface area (Å²) in [6, 6.07) is 7.79. The van der Waals surface area contributed by atoms with E-state index in [9.17, 15) is 26.3 Å². The highest BCUT2D eigenvalue weighted by Crippen LogP contribution is 2.36. The Bertz CT molecular complexity index is 867. The van der Waals surface area contributed by atoms with Crippen molar-refractivity contribution in [3.05, 3.63) is 71.3 Å². The molecule has 0 saturated carbocycles. The third-order valence-electron chi connectivity index (χ3n) is 3.33. The Hall–Kier alpha value is -2.50. The van der Waals surface area contributed by atoms with Crippen molar-refractivity contribution in [2.75, 3.05) is 0 Å². The normalized spacial score (nSPS) is 11.2. The first-order valence-electron chi connectivity index (χ1n) is 6.12. The summed E-state index contributed by atoms with van der Waals surface area (Å²) in [7, 11) is 0. The lowest BCUT2D eigenvalue weighted by atomic mass is 9.96. The molecule has 0 aromatic heterocycles. The summed E-state index contributed by atoms with van der Waals surface area (Å²) in [6.07, 6.45) is 0. The van der Waals surface area contributed by atoms with Gasteiger partial charge in [0, 0.05) is 5.39 Å². The van der Waals surface area contributed by atoms with Crippen molar-refractivity contribution in [1.82, 2.24) is 0 Å². The van der Waals surface area contributed by atoms with Gasteiger partial charge in [0.1, 0.15) is 5.82 Å². The molecule has 0 radical (unpaired) electrons. The Kier molecular flexibility index (Phi) is 3.31. The van der Waals surface area contributed by atoms with Crippen molar-refractivity contribution in [2.45, 2.75) is 0 Å². The van der Waals surface area contributed by atoms with E-state index in [1.807, 2.05) is 0 Å². The monoisotopic (exact) mass is 312 g/mol. The molecule has 0 aliphatic rings. The van der Waals surface area contributed by atoms with Crippen LogP contribution < -0.4 is 0 Å². The zero-order valence-corrected chi connectivity index (χ0v) is 10.7. The molecular weight excluding hydrogens is 306 g/mol. The summed E-state index contributed by atoms with van der Waals surface area (Å²) >= 11 is 0. The van der Waals surface area contributed by atoms with Crippen molar-refractivity contribution in [3.63, 3.8) is 0 Å². The molecule has 0 aliphatic heterocycles. The largest absolute Gasteiger partial charge is 0.206 e. The molecule has 3 rings (SSSR count). The molecule has 0 nitrogen and oxygen atoms in total. The second-order valence-electron chi connectivity index (χ2n) is 4.59. The second-order valence-corrected chi connectivity index (χ2v) is 4.59. The van der Waals surface area contributed by atoms with Gasteiger partial charge >= 0.3 is 0 Å². The fourth-order valence-corrected chi connectivity index (χ4v) is 2.34. The molecule has 0 amide bonds. The Balaban J connectivity index is 2.49. The average Bonchev–Trinajstić information content (AvgIpc) is 2.51. The Morgan fingerprint density at radius 3 is 1.64 bits per heavy atom. The van der Waals surface area contributed by atoms with E-state index in [1.165, 1.54) is 24.3 Å². The van der Waals surface area contributed by atoms with Gasteiger partial charge in [0.2, 0.25) is 5.82 Å². The molecular formula is C16H6F6. The highest BCUT2D eigenvalue weighted by Gasteiger charge is 2.27. The molecule has 112 valence electrons. The van der Waals surface area contributed by atoms with E-state index in [-0.39, 0.29) is 10.8 Å². The zero-order valence-electron chi connectivity index (χ0n) is 10.7. The van der Waals surface area contributed by atoms with Crippen LogP contribution in [-0.4, -0.2) is 0 Å². The summed E-state index contributed by atoms with van der Waals surface area (Å²) < 4.78 is 81.6. The molecule has 0 bridgehead atoms. The summed E-state index contributed by atoms with van der Waals surface area (Å²) in [4.78, 5) is 0. The van der Waals surface area contributed by atoms with Gasteiger partial charge in [0.15, 0.2) is 23.3 Å². The number of hydrogen-bond donors (Lipinski definition) is 0. The van der Waals surface area contributed by atoms with Gasteiger partial charge < -0.3 is 0 Å². The highest BCUT2D eigenvalue weighted by molar-refractivity contribution is 5.97. The summed E-state index contributed by atoms with van der Waals surface area (Å²) in [5, 5.41) is 0.0645. The van der Waals surface area contributed by atoms with E-state index in [2.05, 4.69) is 0 Å². The Labute approximate surface area is 120 Å². The number of benzene rings is 3. The van der Waals surface area contributed by atoms with Crippen molar-refractivity contribution in [3.8, 4) is 11.1 Å². The standard InChI is InChI=1S/C16H6F6/c17-9-6-2-4-7-3-1-5-8(10(7)9)11-12(18)14(20)16(22)15(21)13(11)19/h1-6H. The second kappa shape index (κ2) is 5.05. The average molecular weight is 312 g/mol. The first kappa shape index (κ1) is 14.4. The predicted octanol–water partition coefficient (Wildman–Crippen LogP) is 5.34. The first-order chi connectivity index (χ1) is 10.4. The van der Waals surface area contributed by atoms with Gasteiger partial charge in [-0.3, -0.25) is 0 Å². The van der Waals surface area contributed by atoms with Gasteiger partial charge in [-0.05, 0) is 17.0 Å². The molecule has 22 heavy (non-hydrogen) atoms. The van der Waals surface area contributed by atoms with Gasteiger partial charge in [-0.1, -0.05) is 30.3 Å². The predicted molar refractivity (Wildman–Crippen MR) is 69.1 cm³/mol. The molecule has 0 N–H and O–H groups in total. The van der Waals surface area contributed by atoms with E-state index in [0.29, 0.717) is 0 Å². The van der Waals surface area contributed by atoms with E-state index < -0.39 is 46.0 Å². The molecule has 3 aromatic carbocycles. The molecule has 0 spiro atoms. The lowest BCUT2D eigenvalue weighted by Crippen LogP contribution is -2.04. The van der Waals surface area contributed by atoms with Crippen molar-refractivity contribution < 1.29 is 26.3 Å². The topological polar surface area (TPSA) is 0 Å². The SMILES string of the molecule is Fc1c(F)c(F)c(-c2cccc3cccc(F)c23)c(F)c1F. The highest BCUT2D eigenvalue weighted by atomic mass is 19.2. The lowest BCUT2D eigenvalue weighted by Gasteiger charge is -2.11. The van der Waals surface area contributed by atoms with Crippen LogP contribution in [0, 0.1) is 34.9 Å². The van der Waals surface area contributed by atoms with Crippen LogP contribution in [0.25, 0.3) is 21.9 Å². The van der Waals surface area contributed by atoms with Gasteiger partial charge in [-0.2, -0.15) is 0 Å². The fraction of sp³-hybridized carbons (Fsp3) is 0. The number of rotatable bonds is 1. The molecule has 0 heterocycles. The van der Waals surface area contributed by atoms with Crippen LogP contribution in [0.5, 0.6) is 0 Å². The molecule has 0 fully saturated rings. The summed E-state index contributed by atoms with van der Waals surface area (Å²) in [6.45, 7) is 0. The van der Waals surface area contributed by atoms with Crippen LogP contribution in [0.3, 0.4) is 0 Å². The summed E-state index contributed by atoms with van der Waals surface area (Å²) in [5.74, 6) is -11.2. The molecule has 0 aliphatic carbocycles. The summed E-state index contributed by atoms with van der Waals surface area (Å²) in [5.41, 5.74) is -1.55. The quantitative estimate of drug-likeness (QED) is 0.323. The van der Waals surface area contributed by atoms with E-state index >= 15 is 0 Å². The third kappa shape index (κ3) is 1.94. The van der Waals surface area contributed by atoms with Gasteiger partial charge in [0.05, 0.1) is 5.56 Å². The maximum absolute atomic E-state index is 14.0. The maximum atomic E-state index is 14.0. The number of hydrogen-bond acceptors (Lipinski definition) is 0. The van der Waals surface area contributed by atoms with Crippen molar-refractivity contribution >= 4 is 10.8 Å². The Morgan fingerprint density at radius 1 is 0.545 bits per heavy atom. The molecule has 3 aromatic rings. The molecule has 0 unspecified atom stereocenters. The zero-order chi connectivity index (χ0) is 16.0. The van der Waals surface area contributed by atoms with E-state index in [4.69, 9.17) is 0 Å². The lowest BCUT2D eigenvalue weighted by molar-refractivity contribution is 0.381. The first-order valence-corrected chi connectivity index (χ1v) is 6.12.